The zero-order valence-corrected chi connectivity index (χ0v) is 10.3. The molecule has 0 aromatic heterocycles. The second-order valence-corrected chi connectivity index (χ2v) is 4.59. The molecule has 1 atom stereocenters. The summed E-state index contributed by atoms with van der Waals surface area (Å²) in [5.41, 5.74) is -0.471. The number of nitriles is 1. The maximum Gasteiger partial charge on any atom is 0.182 e. The normalized spacial score (nSPS) is 11.8. The number of hydrogen-bond acceptors (Lipinski definition) is 3. The minimum atomic E-state index is -0.471. The highest BCUT2D eigenvalue weighted by Gasteiger charge is 2.05. The van der Waals surface area contributed by atoms with Gasteiger partial charge in [0.05, 0.1) is 5.75 Å². The molecule has 1 aromatic rings. The Morgan fingerprint density at radius 3 is 2.71 bits per heavy atom. The number of nitrogens with zero attached hydrogens (tertiary/aromatic N) is 1. The summed E-state index contributed by atoms with van der Waals surface area (Å²) in [7, 11) is 0. The summed E-state index contributed by atoms with van der Waals surface area (Å²) in [4.78, 5) is 0. The number of thioether (sulfide) groups is 1. The standard InChI is InChI=1S/C9H7BrClNOS/c10-7-1-3-8(4-2-7)13-9(11)5-14-6-12/h1-4,9H,5H2. The summed E-state index contributed by atoms with van der Waals surface area (Å²) >= 11 is 10.2. The highest BCUT2D eigenvalue weighted by atomic mass is 79.9. The van der Waals surface area contributed by atoms with Gasteiger partial charge in [0.25, 0.3) is 0 Å². The molecular formula is C9H7BrClNOS. The van der Waals surface area contributed by atoms with Crippen molar-refractivity contribution >= 4 is 39.3 Å². The van der Waals surface area contributed by atoms with Crippen LogP contribution in [0.2, 0.25) is 0 Å². The first-order valence-corrected chi connectivity index (χ1v) is 6.01. The molecule has 0 fully saturated rings. The lowest BCUT2D eigenvalue weighted by Gasteiger charge is -2.10. The molecule has 0 aliphatic heterocycles. The van der Waals surface area contributed by atoms with Crippen LogP contribution in [-0.2, 0) is 0 Å². The fourth-order valence-corrected chi connectivity index (χ4v) is 1.63. The number of hydrogen-bond donors (Lipinski definition) is 0. The molecule has 0 bridgehead atoms. The average molecular weight is 293 g/mol. The number of alkyl halides is 1. The van der Waals surface area contributed by atoms with E-state index in [0.29, 0.717) is 11.5 Å². The van der Waals surface area contributed by atoms with Crippen LogP contribution in [0.4, 0.5) is 0 Å². The van der Waals surface area contributed by atoms with Crippen molar-refractivity contribution in [2.24, 2.45) is 0 Å². The van der Waals surface area contributed by atoms with E-state index in [4.69, 9.17) is 21.6 Å². The minimum absolute atomic E-state index is 0.452. The van der Waals surface area contributed by atoms with Gasteiger partial charge in [-0.25, -0.2) is 0 Å². The van der Waals surface area contributed by atoms with Crippen LogP contribution in [0.3, 0.4) is 0 Å². The molecule has 0 saturated heterocycles. The molecule has 14 heavy (non-hydrogen) atoms. The van der Waals surface area contributed by atoms with Crippen molar-refractivity contribution in [3.63, 3.8) is 0 Å². The summed E-state index contributed by atoms with van der Waals surface area (Å²) in [5, 5.41) is 10.2. The van der Waals surface area contributed by atoms with Crippen molar-refractivity contribution in [1.29, 1.82) is 5.26 Å². The molecule has 5 heteroatoms. The molecule has 0 radical (unpaired) electrons. The van der Waals surface area contributed by atoms with Gasteiger partial charge >= 0.3 is 0 Å². The monoisotopic (exact) mass is 291 g/mol. The van der Waals surface area contributed by atoms with Gasteiger partial charge in [-0.15, -0.1) is 0 Å². The lowest BCUT2D eigenvalue weighted by atomic mass is 10.3. The van der Waals surface area contributed by atoms with E-state index in [1.54, 1.807) is 0 Å². The van der Waals surface area contributed by atoms with Crippen LogP contribution in [0.25, 0.3) is 0 Å². The van der Waals surface area contributed by atoms with Crippen LogP contribution in [-0.4, -0.2) is 11.3 Å². The Bertz CT molecular complexity index is 325. The molecule has 1 unspecified atom stereocenters. The van der Waals surface area contributed by atoms with Gasteiger partial charge in [-0.2, -0.15) is 5.26 Å². The van der Waals surface area contributed by atoms with E-state index in [-0.39, 0.29) is 0 Å². The maximum atomic E-state index is 8.31. The molecule has 1 rings (SSSR count). The van der Waals surface area contributed by atoms with Gasteiger partial charge in [0.1, 0.15) is 11.2 Å². The third-order valence-corrected chi connectivity index (χ3v) is 2.91. The van der Waals surface area contributed by atoms with Gasteiger partial charge in [-0.05, 0) is 36.0 Å². The van der Waals surface area contributed by atoms with Gasteiger partial charge in [-0.3, -0.25) is 0 Å². The topological polar surface area (TPSA) is 33.0 Å². The van der Waals surface area contributed by atoms with Crippen molar-refractivity contribution in [3.8, 4) is 11.2 Å². The molecule has 0 N–H and O–H groups in total. The van der Waals surface area contributed by atoms with Crippen LogP contribution in [0.5, 0.6) is 5.75 Å². The summed E-state index contributed by atoms with van der Waals surface area (Å²) in [6.45, 7) is 0. The van der Waals surface area contributed by atoms with Gasteiger partial charge in [0.2, 0.25) is 0 Å². The summed E-state index contributed by atoms with van der Waals surface area (Å²) in [6, 6.07) is 7.37. The highest BCUT2D eigenvalue weighted by molar-refractivity contribution is 9.10. The van der Waals surface area contributed by atoms with Crippen molar-refractivity contribution < 1.29 is 4.74 Å². The molecular weight excluding hydrogens is 286 g/mol. The Morgan fingerprint density at radius 1 is 1.50 bits per heavy atom. The molecule has 0 aliphatic carbocycles. The molecule has 0 aliphatic rings. The molecule has 1 aromatic carbocycles. The lowest BCUT2D eigenvalue weighted by Crippen LogP contribution is -2.10. The highest BCUT2D eigenvalue weighted by Crippen LogP contribution is 2.19. The summed E-state index contributed by atoms with van der Waals surface area (Å²) < 4.78 is 6.33. The number of rotatable bonds is 4. The first-order chi connectivity index (χ1) is 6.72. The largest absolute Gasteiger partial charge is 0.474 e. The van der Waals surface area contributed by atoms with E-state index in [2.05, 4.69) is 15.9 Å². The Morgan fingerprint density at radius 2 is 2.14 bits per heavy atom. The van der Waals surface area contributed by atoms with E-state index in [1.165, 1.54) is 0 Å². The quantitative estimate of drug-likeness (QED) is 0.628. The minimum Gasteiger partial charge on any atom is -0.474 e. The third kappa shape index (κ3) is 4.23. The Hall–Kier alpha value is -0.370. The number of ether oxygens (including phenoxy) is 1. The van der Waals surface area contributed by atoms with E-state index >= 15 is 0 Å². The van der Waals surface area contributed by atoms with Crippen molar-refractivity contribution in [3.05, 3.63) is 28.7 Å². The molecule has 0 amide bonds. The van der Waals surface area contributed by atoms with Crippen LogP contribution in [0.1, 0.15) is 0 Å². The number of thiocyanates is 1. The van der Waals surface area contributed by atoms with E-state index < -0.39 is 5.56 Å². The van der Waals surface area contributed by atoms with Gasteiger partial charge in [0.15, 0.2) is 5.56 Å². The van der Waals surface area contributed by atoms with E-state index in [0.717, 1.165) is 16.2 Å². The summed E-state index contributed by atoms with van der Waals surface area (Å²) in [6.07, 6.45) is 0. The van der Waals surface area contributed by atoms with Crippen LogP contribution in [0, 0.1) is 10.7 Å². The van der Waals surface area contributed by atoms with Crippen molar-refractivity contribution in [2.75, 3.05) is 5.75 Å². The zero-order chi connectivity index (χ0) is 10.4. The number of halogens is 2. The fourth-order valence-electron chi connectivity index (χ4n) is 0.798. The predicted molar refractivity (Wildman–Crippen MR) is 62.5 cm³/mol. The van der Waals surface area contributed by atoms with Gasteiger partial charge in [-0.1, -0.05) is 27.5 Å². The second kappa shape index (κ2) is 6.18. The molecule has 2 nitrogen and oxygen atoms in total. The molecule has 0 saturated carbocycles. The molecule has 0 heterocycles. The molecule has 74 valence electrons. The third-order valence-electron chi connectivity index (χ3n) is 1.36. The predicted octanol–water partition coefficient (Wildman–Crippen LogP) is 3.61. The zero-order valence-electron chi connectivity index (χ0n) is 7.11. The fraction of sp³-hybridized carbons (Fsp3) is 0.222. The van der Waals surface area contributed by atoms with E-state index in [1.807, 2.05) is 29.7 Å². The Balaban J connectivity index is 2.44. The van der Waals surface area contributed by atoms with Crippen LogP contribution < -0.4 is 4.74 Å². The first kappa shape index (κ1) is 11.7. The molecule has 0 spiro atoms. The summed E-state index contributed by atoms with van der Waals surface area (Å²) in [5.74, 6) is 1.15. The van der Waals surface area contributed by atoms with Crippen LogP contribution in [0.15, 0.2) is 28.7 Å². The van der Waals surface area contributed by atoms with E-state index in [9.17, 15) is 0 Å². The second-order valence-electron chi connectivity index (χ2n) is 2.38. The average Bonchev–Trinajstić information content (AvgIpc) is 2.18. The SMILES string of the molecule is N#CSCC(Cl)Oc1ccc(Br)cc1. The lowest BCUT2D eigenvalue weighted by molar-refractivity contribution is 0.305. The number of benzene rings is 1. The Kier molecular flexibility index (Phi) is 5.16. The van der Waals surface area contributed by atoms with Crippen molar-refractivity contribution in [2.45, 2.75) is 5.56 Å². The first-order valence-electron chi connectivity index (χ1n) is 3.79. The van der Waals surface area contributed by atoms with Gasteiger partial charge in [0, 0.05) is 4.47 Å². The van der Waals surface area contributed by atoms with Crippen LogP contribution >= 0.6 is 39.3 Å². The smallest absolute Gasteiger partial charge is 0.182 e. The van der Waals surface area contributed by atoms with Crippen molar-refractivity contribution in [1.82, 2.24) is 0 Å². The van der Waals surface area contributed by atoms with Gasteiger partial charge < -0.3 is 4.74 Å². The Labute approximate surface area is 100 Å². The maximum absolute atomic E-state index is 8.31.